The Hall–Kier alpha value is -1.13. The summed E-state index contributed by atoms with van der Waals surface area (Å²) in [5.41, 5.74) is 3.39. The van der Waals surface area contributed by atoms with Crippen molar-refractivity contribution in [1.82, 2.24) is 0 Å². The summed E-state index contributed by atoms with van der Waals surface area (Å²) in [5.74, 6) is 7.44. The molecule has 1 aromatic carbocycles. The largest absolute Gasteiger partial charge is 0.493 e. The van der Waals surface area contributed by atoms with Gasteiger partial charge < -0.3 is 4.74 Å². The molecule has 0 radical (unpaired) electrons. The van der Waals surface area contributed by atoms with E-state index in [0.29, 0.717) is 5.92 Å². The Bertz CT molecular complexity index is 494. The fourth-order valence-corrected chi connectivity index (χ4v) is 2.33. The van der Waals surface area contributed by atoms with Crippen LogP contribution in [0.5, 0.6) is 5.75 Å². The van der Waals surface area contributed by atoms with Crippen molar-refractivity contribution < 1.29 is 4.74 Å². The Kier molecular flexibility index (Phi) is 6.25. The first kappa shape index (κ1) is 15.9. The van der Waals surface area contributed by atoms with E-state index in [-0.39, 0.29) is 0 Å². The monoisotopic (exact) mass is 278 g/mol. The number of aryl methyl sites for hydroxylation is 1. The molecule has 0 heterocycles. The van der Waals surface area contributed by atoms with E-state index in [4.69, 9.17) is 16.3 Å². The van der Waals surface area contributed by atoms with Crippen molar-refractivity contribution in [3.8, 4) is 17.6 Å². The highest BCUT2D eigenvalue weighted by Crippen LogP contribution is 2.33. The molecule has 2 heteroatoms. The average molecular weight is 279 g/mol. The summed E-state index contributed by atoms with van der Waals surface area (Å²) in [6, 6.07) is 2.05. The van der Waals surface area contributed by atoms with E-state index in [1.165, 1.54) is 5.56 Å². The third kappa shape index (κ3) is 4.18. The molecule has 0 aliphatic rings. The molecule has 104 valence electrons. The van der Waals surface area contributed by atoms with Crippen molar-refractivity contribution in [3.05, 3.63) is 27.8 Å². The van der Waals surface area contributed by atoms with E-state index in [2.05, 4.69) is 32.6 Å². The minimum absolute atomic E-state index is 0.312. The van der Waals surface area contributed by atoms with Crippen molar-refractivity contribution in [2.45, 2.75) is 47.5 Å². The van der Waals surface area contributed by atoms with Crippen LogP contribution in [0.2, 0.25) is 5.02 Å². The molecule has 0 aliphatic carbocycles. The summed E-state index contributed by atoms with van der Waals surface area (Å²) in [7, 11) is 0. The van der Waals surface area contributed by atoms with Crippen LogP contribution < -0.4 is 4.74 Å². The number of ether oxygens (including phenoxy) is 1. The molecule has 0 aromatic heterocycles. The molecule has 19 heavy (non-hydrogen) atoms. The van der Waals surface area contributed by atoms with Gasteiger partial charge in [-0.15, -0.1) is 11.8 Å². The minimum Gasteiger partial charge on any atom is -0.493 e. The third-order valence-electron chi connectivity index (χ3n) is 3.14. The first-order valence-corrected chi connectivity index (χ1v) is 7.22. The molecule has 0 spiro atoms. The smallest absolute Gasteiger partial charge is 0.123 e. The van der Waals surface area contributed by atoms with Gasteiger partial charge in [0.05, 0.1) is 6.61 Å². The Morgan fingerprint density at radius 1 is 1.37 bits per heavy atom. The Balaban J connectivity index is 3.15. The number of hydrogen-bond acceptors (Lipinski definition) is 1. The lowest BCUT2D eigenvalue weighted by Crippen LogP contribution is -2.06. The highest BCUT2D eigenvalue weighted by molar-refractivity contribution is 6.32. The van der Waals surface area contributed by atoms with Crippen LogP contribution in [-0.4, -0.2) is 6.61 Å². The maximum absolute atomic E-state index is 6.36. The normalized spacial score (nSPS) is 11.7. The molecule has 0 fully saturated rings. The Morgan fingerprint density at radius 3 is 2.63 bits per heavy atom. The summed E-state index contributed by atoms with van der Waals surface area (Å²) in [4.78, 5) is 0. The van der Waals surface area contributed by atoms with Crippen LogP contribution in [0.15, 0.2) is 6.07 Å². The van der Waals surface area contributed by atoms with Gasteiger partial charge in [0, 0.05) is 10.9 Å². The topological polar surface area (TPSA) is 9.23 Å². The van der Waals surface area contributed by atoms with E-state index in [9.17, 15) is 0 Å². The van der Waals surface area contributed by atoms with E-state index in [0.717, 1.165) is 41.3 Å². The van der Waals surface area contributed by atoms with Crippen molar-refractivity contribution in [2.24, 2.45) is 5.92 Å². The van der Waals surface area contributed by atoms with Gasteiger partial charge in [-0.1, -0.05) is 25.4 Å². The van der Waals surface area contributed by atoms with Crippen LogP contribution in [0.1, 0.15) is 43.9 Å². The first-order valence-electron chi connectivity index (χ1n) is 6.84. The molecule has 0 saturated heterocycles. The molecule has 1 aromatic rings. The van der Waals surface area contributed by atoms with E-state index in [1.807, 2.05) is 19.9 Å². The SMILES string of the molecule is CC#CC(C)Cc1c(OCCC)cc(C)c(Cl)c1C. The highest BCUT2D eigenvalue weighted by Gasteiger charge is 2.15. The molecule has 0 amide bonds. The van der Waals surface area contributed by atoms with Gasteiger partial charge in [0.15, 0.2) is 0 Å². The second-order valence-electron chi connectivity index (χ2n) is 4.96. The first-order chi connectivity index (χ1) is 9.01. The zero-order valence-corrected chi connectivity index (χ0v) is 13.3. The summed E-state index contributed by atoms with van der Waals surface area (Å²) in [6.45, 7) is 10.9. The quantitative estimate of drug-likeness (QED) is 0.693. The third-order valence-corrected chi connectivity index (χ3v) is 3.72. The van der Waals surface area contributed by atoms with Gasteiger partial charge in [-0.25, -0.2) is 0 Å². The predicted octanol–water partition coefficient (Wildman–Crippen LogP) is 4.95. The Labute approximate surface area is 122 Å². The summed E-state index contributed by atoms with van der Waals surface area (Å²) >= 11 is 6.36. The van der Waals surface area contributed by atoms with Crippen LogP contribution in [0, 0.1) is 31.6 Å². The molecular formula is C17H23ClO. The second kappa shape index (κ2) is 7.46. The minimum atomic E-state index is 0.312. The van der Waals surface area contributed by atoms with Crippen LogP contribution in [0.4, 0.5) is 0 Å². The van der Waals surface area contributed by atoms with Crippen LogP contribution in [0.25, 0.3) is 0 Å². The standard InChI is InChI=1S/C17H23ClO/c1-6-8-12(3)10-15-14(5)17(18)13(4)11-16(15)19-9-7-2/h11-12H,7,9-10H2,1-5H3. The van der Waals surface area contributed by atoms with Crippen LogP contribution >= 0.6 is 11.6 Å². The van der Waals surface area contributed by atoms with Crippen molar-refractivity contribution in [1.29, 1.82) is 0 Å². The highest BCUT2D eigenvalue weighted by atomic mass is 35.5. The molecule has 0 aliphatic heterocycles. The van der Waals surface area contributed by atoms with Gasteiger partial charge in [-0.3, -0.25) is 0 Å². The van der Waals surface area contributed by atoms with Crippen LogP contribution in [-0.2, 0) is 6.42 Å². The Morgan fingerprint density at radius 2 is 2.05 bits per heavy atom. The summed E-state index contributed by atoms with van der Waals surface area (Å²) in [5, 5.41) is 0.843. The fourth-order valence-electron chi connectivity index (χ4n) is 2.16. The van der Waals surface area contributed by atoms with Crippen molar-refractivity contribution >= 4 is 11.6 Å². The van der Waals surface area contributed by atoms with Gasteiger partial charge >= 0.3 is 0 Å². The molecule has 1 atom stereocenters. The zero-order chi connectivity index (χ0) is 14.4. The lowest BCUT2D eigenvalue weighted by molar-refractivity contribution is 0.313. The van der Waals surface area contributed by atoms with Gasteiger partial charge in [0.25, 0.3) is 0 Å². The average Bonchev–Trinajstić information content (AvgIpc) is 2.38. The van der Waals surface area contributed by atoms with E-state index < -0.39 is 0 Å². The molecule has 0 N–H and O–H groups in total. The van der Waals surface area contributed by atoms with Gasteiger partial charge in [-0.2, -0.15) is 0 Å². The van der Waals surface area contributed by atoms with E-state index >= 15 is 0 Å². The molecule has 1 unspecified atom stereocenters. The molecule has 1 rings (SSSR count). The van der Waals surface area contributed by atoms with Gasteiger partial charge in [0.2, 0.25) is 0 Å². The molecule has 1 nitrogen and oxygen atoms in total. The maximum atomic E-state index is 6.36. The second-order valence-corrected chi connectivity index (χ2v) is 5.34. The number of rotatable bonds is 5. The number of halogens is 1. The molecule has 0 bridgehead atoms. The number of hydrogen-bond donors (Lipinski definition) is 0. The molecule has 0 saturated carbocycles. The zero-order valence-electron chi connectivity index (χ0n) is 12.6. The van der Waals surface area contributed by atoms with E-state index in [1.54, 1.807) is 0 Å². The van der Waals surface area contributed by atoms with Crippen molar-refractivity contribution in [2.75, 3.05) is 6.61 Å². The van der Waals surface area contributed by atoms with Gasteiger partial charge in [0.1, 0.15) is 5.75 Å². The van der Waals surface area contributed by atoms with Gasteiger partial charge in [-0.05, 0) is 56.4 Å². The lowest BCUT2D eigenvalue weighted by atomic mass is 9.95. The summed E-state index contributed by atoms with van der Waals surface area (Å²) in [6.07, 6.45) is 1.89. The fraction of sp³-hybridized carbons (Fsp3) is 0.529. The maximum Gasteiger partial charge on any atom is 0.123 e. The van der Waals surface area contributed by atoms with Crippen LogP contribution in [0.3, 0.4) is 0 Å². The summed E-state index contributed by atoms with van der Waals surface area (Å²) < 4.78 is 5.88. The number of benzene rings is 1. The van der Waals surface area contributed by atoms with Crippen molar-refractivity contribution in [3.63, 3.8) is 0 Å². The predicted molar refractivity (Wildman–Crippen MR) is 83.0 cm³/mol. The molecular weight excluding hydrogens is 256 g/mol. The lowest BCUT2D eigenvalue weighted by Gasteiger charge is -2.18.